The van der Waals surface area contributed by atoms with Crippen LogP contribution in [0.2, 0.25) is 0 Å². The molecule has 0 aliphatic carbocycles. The minimum atomic E-state index is -1.08. The summed E-state index contributed by atoms with van der Waals surface area (Å²) in [6, 6.07) is 3.05. The smallest absolute Gasteiger partial charge is 0.352 e. The van der Waals surface area contributed by atoms with Crippen LogP contribution < -0.4 is 10.6 Å². The van der Waals surface area contributed by atoms with Crippen molar-refractivity contribution in [2.24, 2.45) is 0 Å². The van der Waals surface area contributed by atoms with Crippen molar-refractivity contribution in [2.45, 2.75) is 32.9 Å². The number of nitrogens with zero attached hydrogens (tertiary/aromatic N) is 1. The van der Waals surface area contributed by atoms with E-state index in [1.807, 2.05) is 13.8 Å². The molecule has 1 heterocycles. The van der Waals surface area contributed by atoms with Crippen molar-refractivity contribution in [3.8, 4) is 0 Å². The largest absolute Gasteiger partial charge is 0.477 e. The molecule has 0 saturated carbocycles. The van der Waals surface area contributed by atoms with Crippen molar-refractivity contribution in [1.82, 2.24) is 15.2 Å². The molecule has 0 aromatic carbocycles. The van der Waals surface area contributed by atoms with Crippen LogP contribution in [0.3, 0.4) is 0 Å². The highest BCUT2D eigenvalue weighted by Gasteiger charge is 2.11. The first-order valence-electron chi connectivity index (χ1n) is 6.34. The number of carbonyl (C=O) groups excluding carboxylic acids is 2. The minimum absolute atomic E-state index is 0.0534. The van der Waals surface area contributed by atoms with E-state index in [1.165, 1.54) is 16.8 Å². The van der Waals surface area contributed by atoms with Crippen LogP contribution in [0.15, 0.2) is 18.3 Å². The van der Waals surface area contributed by atoms with E-state index < -0.39 is 5.97 Å². The Balaban J connectivity index is 2.35. The lowest BCUT2D eigenvalue weighted by Crippen LogP contribution is -2.35. The maximum absolute atomic E-state index is 11.6. The lowest BCUT2D eigenvalue weighted by Gasteiger charge is -2.10. The van der Waals surface area contributed by atoms with Gasteiger partial charge in [0.1, 0.15) is 12.2 Å². The minimum Gasteiger partial charge on any atom is -0.477 e. The Hall–Kier alpha value is -2.31. The molecular weight excluding hydrogens is 262 g/mol. The van der Waals surface area contributed by atoms with Crippen molar-refractivity contribution >= 4 is 17.8 Å². The summed E-state index contributed by atoms with van der Waals surface area (Å²) in [4.78, 5) is 33.8. The van der Waals surface area contributed by atoms with Crippen LogP contribution in [0.5, 0.6) is 0 Å². The lowest BCUT2D eigenvalue weighted by atomic mass is 10.3. The number of carbonyl (C=O) groups is 3. The lowest BCUT2D eigenvalue weighted by molar-refractivity contribution is -0.122. The number of nitrogens with one attached hydrogen (secondary N) is 2. The Kier molecular flexibility index (Phi) is 5.76. The van der Waals surface area contributed by atoms with Crippen LogP contribution in [0, 0.1) is 0 Å². The zero-order valence-corrected chi connectivity index (χ0v) is 11.5. The van der Waals surface area contributed by atoms with Gasteiger partial charge in [-0.1, -0.05) is 0 Å². The summed E-state index contributed by atoms with van der Waals surface area (Å²) < 4.78 is 1.34. The van der Waals surface area contributed by atoms with E-state index in [2.05, 4.69) is 10.6 Å². The molecule has 110 valence electrons. The third-order valence-corrected chi connectivity index (χ3v) is 2.49. The van der Waals surface area contributed by atoms with E-state index in [0.29, 0.717) is 0 Å². The van der Waals surface area contributed by atoms with Crippen molar-refractivity contribution in [3.05, 3.63) is 24.0 Å². The van der Waals surface area contributed by atoms with Crippen molar-refractivity contribution < 1.29 is 19.5 Å². The summed E-state index contributed by atoms with van der Waals surface area (Å²) >= 11 is 0. The van der Waals surface area contributed by atoms with Gasteiger partial charge < -0.3 is 20.3 Å². The molecule has 0 spiro atoms. The average molecular weight is 281 g/mol. The zero-order valence-electron chi connectivity index (χ0n) is 11.5. The van der Waals surface area contributed by atoms with Crippen molar-refractivity contribution in [2.75, 3.05) is 6.54 Å². The molecule has 7 nitrogen and oxygen atoms in total. The molecule has 0 atom stereocenters. The summed E-state index contributed by atoms with van der Waals surface area (Å²) in [6.45, 7) is 3.85. The monoisotopic (exact) mass is 281 g/mol. The van der Waals surface area contributed by atoms with Gasteiger partial charge in [-0.3, -0.25) is 9.59 Å². The second-order valence-electron chi connectivity index (χ2n) is 4.65. The number of hydrogen-bond acceptors (Lipinski definition) is 3. The molecule has 0 fully saturated rings. The molecule has 0 unspecified atom stereocenters. The molecule has 3 N–H and O–H groups in total. The molecule has 0 radical (unpaired) electrons. The highest BCUT2D eigenvalue weighted by molar-refractivity contribution is 5.87. The summed E-state index contributed by atoms with van der Waals surface area (Å²) in [5.41, 5.74) is 0.0534. The first kappa shape index (κ1) is 15.7. The average Bonchev–Trinajstić information content (AvgIpc) is 2.75. The van der Waals surface area contributed by atoms with Gasteiger partial charge >= 0.3 is 5.97 Å². The fraction of sp³-hybridized carbons (Fsp3) is 0.462. The Labute approximate surface area is 117 Å². The number of hydrogen-bond donors (Lipinski definition) is 3. The van der Waals surface area contributed by atoms with Gasteiger partial charge in [-0.25, -0.2) is 4.79 Å². The number of aromatic nitrogens is 1. The van der Waals surface area contributed by atoms with Crippen LogP contribution in [0.4, 0.5) is 0 Å². The van der Waals surface area contributed by atoms with Crippen molar-refractivity contribution in [1.29, 1.82) is 0 Å². The van der Waals surface area contributed by atoms with Crippen LogP contribution in [-0.2, 0) is 16.1 Å². The summed E-state index contributed by atoms with van der Waals surface area (Å²) in [7, 11) is 0. The normalized spacial score (nSPS) is 10.3. The van der Waals surface area contributed by atoms with Crippen LogP contribution in [-0.4, -0.2) is 40.0 Å². The molecule has 1 aromatic rings. The standard InChI is InChI=1S/C13H19N3O4/c1-9(2)15-11(17)5-6-14-12(18)8-16-7-3-4-10(16)13(19)20/h3-4,7,9H,5-6,8H2,1-2H3,(H,14,18)(H,15,17)(H,19,20). The predicted octanol–water partition coefficient (Wildman–Crippen LogP) is 0.217. The van der Waals surface area contributed by atoms with Gasteiger partial charge in [0.25, 0.3) is 0 Å². The maximum Gasteiger partial charge on any atom is 0.352 e. The molecular formula is C13H19N3O4. The van der Waals surface area contributed by atoms with Gasteiger partial charge in [0, 0.05) is 25.2 Å². The summed E-state index contributed by atoms with van der Waals surface area (Å²) in [5.74, 6) is -1.55. The molecule has 20 heavy (non-hydrogen) atoms. The Morgan fingerprint density at radius 1 is 1.30 bits per heavy atom. The van der Waals surface area contributed by atoms with Gasteiger partial charge in [-0.15, -0.1) is 0 Å². The summed E-state index contributed by atoms with van der Waals surface area (Å²) in [5, 5.41) is 14.2. The Morgan fingerprint density at radius 2 is 2.00 bits per heavy atom. The second-order valence-corrected chi connectivity index (χ2v) is 4.65. The molecule has 0 aliphatic rings. The SMILES string of the molecule is CC(C)NC(=O)CCNC(=O)Cn1cccc1C(=O)O. The number of carboxylic acids is 1. The number of carboxylic acid groups (broad SMARTS) is 1. The highest BCUT2D eigenvalue weighted by atomic mass is 16.4. The van der Waals surface area contributed by atoms with Gasteiger partial charge in [-0.2, -0.15) is 0 Å². The molecule has 0 bridgehead atoms. The molecule has 7 heteroatoms. The highest BCUT2D eigenvalue weighted by Crippen LogP contribution is 2.01. The summed E-state index contributed by atoms with van der Waals surface area (Å²) in [6.07, 6.45) is 1.72. The van der Waals surface area contributed by atoms with Crippen LogP contribution >= 0.6 is 0 Å². The third kappa shape index (κ3) is 5.13. The number of amides is 2. The fourth-order valence-electron chi connectivity index (χ4n) is 1.67. The van der Waals surface area contributed by atoms with Gasteiger partial charge in [-0.05, 0) is 26.0 Å². The van der Waals surface area contributed by atoms with Crippen LogP contribution in [0.1, 0.15) is 30.8 Å². The Morgan fingerprint density at radius 3 is 2.60 bits per heavy atom. The van der Waals surface area contributed by atoms with Gasteiger partial charge in [0.2, 0.25) is 11.8 Å². The molecule has 0 aliphatic heterocycles. The molecule has 0 saturated heterocycles. The van der Waals surface area contributed by atoms with E-state index in [1.54, 1.807) is 6.07 Å². The van der Waals surface area contributed by atoms with E-state index in [4.69, 9.17) is 5.11 Å². The number of rotatable bonds is 7. The van der Waals surface area contributed by atoms with Crippen molar-refractivity contribution in [3.63, 3.8) is 0 Å². The van der Waals surface area contributed by atoms with Gasteiger partial charge in [0.15, 0.2) is 0 Å². The topological polar surface area (TPSA) is 100 Å². The quantitative estimate of drug-likeness (QED) is 0.665. The number of aromatic carboxylic acids is 1. The molecule has 1 rings (SSSR count). The van der Waals surface area contributed by atoms with E-state index in [0.717, 1.165) is 0 Å². The van der Waals surface area contributed by atoms with E-state index in [-0.39, 0.29) is 43.1 Å². The van der Waals surface area contributed by atoms with Crippen LogP contribution in [0.25, 0.3) is 0 Å². The third-order valence-electron chi connectivity index (χ3n) is 2.49. The maximum atomic E-state index is 11.6. The zero-order chi connectivity index (χ0) is 15.1. The first-order chi connectivity index (χ1) is 9.40. The van der Waals surface area contributed by atoms with E-state index >= 15 is 0 Å². The van der Waals surface area contributed by atoms with E-state index in [9.17, 15) is 14.4 Å². The molecule has 1 aromatic heterocycles. The fourth-order valence-corrected chi connectivity index (χ4v) is 1.67. The predicted molar refractivity (Wildman–Crippen MR) is 72.3 cm³/mol. The second kappa shape index (κ2) is 7.32. The first-order valence-corrected chi connectivity index (χ1v) is 6.34. The Bertz CT molecular complexity index is 494. The van der Waals surface area contributed by atoms with Gasteiger partial charge in [0.05, 0.1) is 0 Å². The molecule has 2 amide bonds.